The summed E-state index contributed by atoms with van der Waals surface area (Å²) in [7, 11) is -1.33. The average Bonchev–Trinajstić information content (AvgIpc) is 1.65. The largest absolute Gasteiger partial charge is 0.127 e. The Bertz CT molecular complexity index is 79.1. The Morgan fingerprint density at radius 2 is 1.22 bits per heavy atom. The fourth-order valence-corrected chi connectivity index (χ4v) is 2.28. The van der Waals surface area contributed by atoms with E-state index in [9.17, 15) is 0 Å². The SMILES string of the molecule is CC(Cl)[Si](C)(C)C(C)Cl. The zero-order chi connectivity index (χ0) is 7.65. The highest BCUT2D eigenvalue weighted by Gasteiger charge is 2.31. The number of rotatable bonds is 2. The molecule has 56 valence electrons. The monoisotopic (exact) mass is 184 g/mol. The Hall–Kier alpha value is 0.797. The molecule has 0 bridgehead atoms. The third-order valence-electron chi connectivity index (χ3n) is 2.05. The van der Waals surface area contributed by atoms with Gasteiger partial charge in [0.1, 0.15) is 0 Å². The number of halogens is 2. The predicted octanol–water partition coefficient (Wildman–Crippen LogP) is 3.03. The first-order valence-corrected chi connectivity index (χ1v) is 7.20. The van der Waals surface area contributed by atoms with Crippen molar-refractivity contribution in [1.29, 1.82) is 0 Å². The van der Waals surface area contributed by atoms with Gasteiger partial charge in [-0.1, -0.05) is 26.9 Å². The lowest BCUT2D eigenvalue weighted by Gasteiger charge is -2.27. The van der Waals surface area contributed by atoms with Crippen LogP contribution in [0.1, 0.15) is 13.8 Å². The molecule has 0 aliphatic heterocycles. The summed E-state index contributed by atoms with van der Waals surface area (Å²) in [6.45, 7) is 8.49. The minimum Gasteiger partial charge on any atom is -0.127 e. The van der Waals surface area contributed by atoms with Crippen molar-refractivity contribution < 1.29 is 0 Å². The van der Waals surface area contributed by atoms with E-state index >= 15 is 0 Å². The van der Waals surface area contributed by atoms with E-state index in [1.54, 1.807) is 0 Å². The zero-order valence-electron chi connectivity index (χ0n) is 6.41. The summed E-state index contributed by atoms with van der Waals surface area (Å²) < 4.78 is 0. The summed E-state index contributed by atoms with van der Waals surface area (Å²) in [5.41, 5.74) is 0. The third kappa shape index (κ3) is 2.48. The molecule has 0 saturated carbocycles. The standard InChI is InChI=1S/C6H14Cl2Si/c1-5(7)9(3,4)6(2)8/h5-6H,1-4H3. The summed E-state index contributed by atoms with van der Waals surface area (Å²) in [6, 6.07) is 0. The van der Waals surface area contributed by atoms with Crippen molar-refractivity contribution in [2.75, 3.05) is 0 Å². The molecule has 0 aromatic heterocycles. The van der Waals surface area contributed by atoms with Gasteiger partial charge in [0.25, 0.3) is 0 Å². The highest BCUT2D eigenvalue weighted by Crippen LogP contribution is 2.21. The number of hydrogen-bond acceptors (Lipinski definition) is 0. The zero-order valence-corrected chi connectivity index (χ0v) is 8.92. The van der Waals surface area contributed by atoms with E-state index in [-0.39, 0.29) is 10.0 Å². The molecule has 9 heavy (non-hydrogen) atoms. The van der Waals surface area contributed by atoms with E-state index in [0.29, 0.717) is 0 Å². The Balaban J connectivity index is 4.01. The second-order valence-corrected chi connectivity index (χ2v) is 10.5. The molecule has 0 aromatic rings. The molecule has 2 atom stereocenters. The highest BCUT2D eigenvalue weighted by molar-refractivity contribution is 6.90. The van der Waals surface area contributed by atoms with Crippen molar-refractivity contribution in [3.05, 3.63) is 0 Å². The first kappa shape index (κ1) is 9.80. The average molecular weight is 185 g/mol. The van der Waals surface area contributed by atoms with Gasteiger partial charge >= 0.3 is 0 Å². The maximum atomic E-state index is 5.94. The van der Waals surface area contributed by atoms with Crippen molar-refractivity contribution >= 4 is 31.3 Å². The molecule has 2 unspecified atom stereocenters. The van der Waals surface area contributed by atoms with Gasteiger partial charge < -0.3 is 0 Å². The maximum Gasteiger partial charge on any atom is 0.0870 e. The minimum atomic E-state index is -1.33. The van der Waals surface area contributed by atoms with Crippen LogP contribution in [0, 0.1) is 0 Å². The lowest BCUT2D eigenvalue weighted by atomic mass is 10.9. The smallest absolute Gasteiger partial charge is 0.0870 e. The van der Waals surface area contributed by atoms with Crippen LogP contribution >= 0.6 is 23.2 Å². The lowest BCUT2D eigenvalue weighted by molar-refractivity contribution is 1.16. The van der Waals surface area contributed by atoms with Gasteiger partial charge in [-0.05, 0) is 0 Å². The van der Waals surface area contributed by atoms with Gasteiger partial charge in [0, 0.05) is 10.0 Å². The van der Waals surface area contributed by atoms with Gasteiger partial charge in [-0.3, -0.25) is 0 Å². The molecule has 0 nitrogen and oxygen atoms in total. The maximum absolute atomic E-state index is 5.94. The lowest BCUT2D eigenvalue weighted by Crippen LogP contribution is -2.44. The second kappa shape index (κ2) is 3.27. The Kier molecular flexibility index (Phi) is 3.55. The van der Waals surface area contributed by atoms with Crippen LogP contribution in [-0.2, 0) is 0 Å². The molecule has 0 amide bonds. The topological polar surface area (TPSA) is 0 Å². The molecule has 0 radical (unpaired) electrons. The molecule has 0 fully saturated rings. The fourth-order valence-electron chi connectivity index (χ4n) is 0.316. The van der Waals surface area contributed by atoms with E-state index < -0.39 is 8.07 Å². The summed E-state index contributed by atoms with van der Waals surface area (Å²) >= 11 is 11.9. The molecule has 0 spiro atoms. The first-order valence-electron chi connectivity index (χ1n) is 3.17. The van der Waals surface area contributed by atoms with Gasteiger partial charge in [0.05, 0.1) is 8.07 Å². The van der Waals surface area contributed by atoms with Crippen LogP contribution in [0.2, 0.25) is 13.1 Å². The fraction of sp³-hybridized carbons (Fsp3) is 1.00. The van der Waals surface area contributed by atoms with E-state index in [1.165, 1.54) is 0 Å². The molecular formula is C6H14Cl2Si. The summed E-state index contributed by atoms with van der Waals surface area (Å²) in [6.07, 6.45) is 0. The molecule has 0 rings (SSSR count). The van der Waals surface area contributed by atoms with E-state index in [2.05, 4.69) is 13.1 Å². The Morgan fingerprint density at radius 1 is 1.00 bits per heavy atom. The van der Waals surface area contributed by atoms with Gasteiger partial charge in [0.15, 0.2) is 0 Å². The van der Waals surface area contributed by atoms with E-state index in [1.807, 2.05) is 13.8 Å². The van der Waals surface area contributed by atoms with Crippen molar-refractivity contribution in [2.45, 2.75) is 36.9 Å². The minimum absolute atomic E-state index is 0.269. The molecular weight excluding hydrogens is 171 g/mol. The molecule has 0 aromatic carbocycles. The summed E-state index contributed by atoms with van der Waals surface area (Å²) in [5.74, 6) is 0. The van der Waals surface area contributed by atoms with E-state index in [0.717, 1.165) is 0 Å². The first-order chi connectivity index (χ1) is 3.89. The van der Waals surface area contributed by atoms with Crippen LogP contribution in [0.25, 0.3) is 0 Å². The quantitative estimate of drug-likeness (QED) is 0.458. The molecule has 0 saturated heterocycles. The summed E-state index contributed by atoms with van der Waals surface area (Å²) in [5, 5.41) is 0.537. The van der Waals surface area contributed by atoms with Crippen LogP contribution in [0.5, 0.6) is 0 Å². The Morgan fingerprint density at radius 3 is 1.22 bits per heavy atom. The van der Waals surface area contributed by atoms with Crippen LogP contribution in [-0.4, -0.2) is 18.1 Å². The van der Waals surface area contributed by atoms with Crippen LogP contribution < -0.4 is 0 Å². The number of hydrogen-bond donors (Lipinski definition) is 0. The Labute approximate surface area is 68.6 Å². The van der Waals surface area contributed by atoms with Crippen LogP contribution in [0.15, 0.2) is 0 Å². The molecule has 0 N–H and O–H groups in total. The van der Waals surface area contributed by atoms with Gasteiger partial charge in [-0.25, -0.2) is 0 Å². The molecule has 0 aliphatic rings. The number of alkyl halides is 2. The van der Waals surface area contributed by atoms with Crippen LogP contribution in [0.4, 0.5) is 0 Å². The third-order valence-corrected chi connectivity index (χ3v) is 9.53. The van der Waals surface area contributed by atoms with Gasteiger partial charge in [0.2, 0.25) is 0 Å². The summed E-state index contributed by atoms with van der Waals surface area (Å²) in [4.78, 5) is 0. The second-order valence-electron chi connectivity index (χ2n) is 3.05. The van der Waals surface area contributed by atoms with Crippen molar-refractivity contribution in [2.24, 2.45) is 0 Å². The van der Waals surface area contributed by atoms with E-state index in [4.69, 9.17) is 23.2 Å². The normalized spacial score (nSPS) is 19.3. The molecule has 0 aliphatic carbocycles. The predicted molar refractivity (Wildman–Crippen MR) is 48.1 cm³/mol. The van der Waals surface area contributed by atoms with Crippen LogP contribution in [0.3, 0.4) is 0 Å². The molecule has 0 heterocycles. The van der Waals surface area contributed by atoms with Crippen molar-refractivity contribution in [3.8, 4) is 0 Å². The van der Waals surface area contributed by atoms with Crippen molar-refractivity contribution in [3.63, 3.8) is 0 Å². The van der Waals surface area contributed by atoms with Crippen molar-refractivity contribution in [1.82, 2.24) is 0 Å². The molecule has 3 heteroatoms. The van der Waals surface area contributed by atoms with Gasteiger partial charge in [-0.15, -0.1) is 23.2 Å². The van der Waals surface area contributed by atoms with Gasteiger partial charge in [-0.2, -0.15) is 0 Å². The highest BCUT2D eigenvalue weighted by atomic mass is 35.5.